The molecule has 5 nitrogen and oxygen atoms in total. The molecule has 28 heavy (non-hydrogen) atoms. The van der Waals surface area contributed by atoms with Crippen LogP contribution in [0.4, 0.5) is 5.69 Å². The number of benzene rings is 2. The first-order chi connectivity index (χ1) is 12.9. The van der Waals surface area contributed by atoms with Gasteiger partial charge in [0.25, 0.3) is 0 Å². The minimum atomic E-state index is -0.653. The Hall–Kier alpha value is -2.08. The molecule has 1 heterocycles. The van der Waals surface area contributed by atoms with Crippen LogP contribution in [0.5, 0.6) is 5.75 Å². The fraction of sp³-hybridized carbons (Fsp3) is 0.409. The number of carbonyl (C=O) groups is 1. The van der Waals surface area contributed by atoms with Gasteiger partial charge in [0.1, 0.15) is 5.75 Å². The molecule has 0 unspecified atom stereocenters. The molecular formula is C22H29ClN2O3. The Kier molecular flexibility index (Phi) is 7.87. The Labute approximate surface area is 172 Å². The maximum atomic E-state index is 12.1. The molecule has 0 aromatic heterocycles. The number of phenols is 1. The number of nitrogens with one attached hydrogen (secondary N) is 1. The van der Waals surface area contributed by atoms with E-state index >= 15 is 0 Å². The summed E-state index contributed by atoms with van der Waals surface area (Å²) in [7, 11) is 0. The predicted octanol–water partition coefficient (Wildman–Crippen LogP) is 3.52. The molecule has 152 valence electrons. The number of piperidine rings is 1. The summed E-state index contributed by atoms with van der Waals surface area (Å²) in [5, 5.41) is 23.0. The van der Waals surface area contributed by atoms with Crippen LogP contribution in [0.3, 0.4) is 0 Å². The predicted molar refractivity (Wildman–Crippen MR) is 114 cm³/mol. The van der Waals surface area contributed by atoms with E-state index in [1.165, 1.54) is 11.1 Å². The Morgan fingerprint density at radius 1 is 1.07 bits per heavy atom. The molecule has 0 saturated carbocycles. The van der Waals surface area contributed by atoms with Crippen LogP contribution in [0.15, 0.2) is 48.5 Å². The fourth-order valence-electron chi connectivity index (χ4n) is 3.48. The van der Waals surface area contributed by atoms with Crippen LogP contribution in [0.2, 0.25) is 0 Å². The maximum absolute atomic E-state index is 12.1. The van der Waals surface area contributed by atoms with Crippen molar-refractivity contribution >= 4 is 24.0 Å². The summed E-state index contributed by atoms with van der Waals surface area (Å²) in [4.78, 5) is 14.3. The van der Waals surface area contributed by atoms with Crippen molar-refractivity contribution in [2.45, 2.75) is 38.2 Å². The highest BCUT2D eigenvalue weighted by Crippen LogP contribution is 2.26. The summed E-state index contributed by atoms with van der Waals surface area (Å²) in [6.45, 7) is 4.35. The highest BCUT2D eigenvalue weighted by molar-refractivity contribution is 5.90. The van der Waals surface area contributed by atoms with Gasteiger partial charge in [0.15, 0.2) is 0 Å². The fourth-order valence-corrected chi connectivity index (χ4v) is 3.48. The Balaban J connectivity index is 0.00000280. The number of rotatable bonds is 6. The van der Waals surface area contributed by atoms with Gasteiger partial charge < -0.3 is 20.4 Å². The third-order valence-corrected chi connectivity index (χ3v) is 5.25. The molecule has 2 aromatic rings. The molecule has 3 N–H and O–H groups in total. The molecule has 1 aliphatic rings. The van der Waals surface area contributed by atoms with Gasteiger partial charge in [-0.15, -0.1) is 12.4 Å². The zero-order chi connectivity index (χ0) is 19.3. The summed E-state index contributed by atoms with van der Waals surface area (Å²) in [5.74, 6) is 0.139. The molecule has 1 amide bonds. The number of aryl methyl sites for hydroxylation is 1. The second-order valence-electron chi connectivity index (χ2n) is 7.57. The number of anilines is 1. The van der Waals surface area contributed by atoms with E-state index < -0.39 is 5.60 Å². The van der Waals surface area contributed by atoms with Crippen LogP contribution in [-0.4, -0.2) is 46.3 Å². The quantitative estimate of drug-likeness (QED) is 0.644. The molecular weight excluding hydrogens is 376 g/mol. The minimum Gasteiger partial charge on any atom is -0.508 e. The lowest BCUT2D eigenvalue weighted by atomic mass is 9.85. The zero-order valence-corrected chi connectivity index (χ0v) is 17.0. The van der Waals surface area contributed by atoms with E-state index in [1.54, 1.807) is 24.3 Å². The molecule has 3 rings (SSSR count). The first-order valence-electron chi connectivity index (χ1n) is 9.51. The number of hydrogen-bond acceptors (Lipinski definition) is 4. The van der Waals surface area contributed by atoms with Crippen LogP contribution in [0.25, 0.3) is 0 Å². The van der Waals surface area contributed by atoms with E-state index in [0.717, 1.165) is 25.9 Å². The highest BCUT2D eigenvalue weighted by atomic mass is 35.5. The van der Waals surface area contributed by atoms with Gasteiger partial charge in [0.2, 0.25) is 5.91 Å². The number of halogens is 1. The van der Waals surface area contributed by atoms with Crippen molar-refractivity contribution in [2.24, 2.45) is 0 Å². The molecule has 6 heteroatoms. The first-order valence-corrected chi connectivity index (χ1v) is 9.51. The SMILES string of the molecule is Cc1ccc(CC2(O)CCN(CCC(=O)Nc3ccc(O)cc3)CC2)cc1.Cl. The largest absolute Gasteiger partial charge is 0.508 e. The lowest BCUT2D eigenvalue weighted by Crippen LogP contribution is -2.46. The van der Waals surface area contributed by atoms with E-state index in [-0.39, 0.29) is 24.1 Å². The van der Waals surface area contributed by atoms with Gasteiger partial charge in [-0.05, 0) is 49.6 Å². The van der Waals surface area contributed by atoms with E-state index in [4.69, 9.17) is 0 Å². The monoisotopic (exact) mass is 404 g/mol. The summed E-state index contributed by atoms with van der Waals surface area (Å²) in [6.07, 6.45) is 2.54. The Bertz CT molecular complexity index is 754. The third-order valence-electron chi connectivity index (χ3n) is 5.25. The van der Waals surface area contributed by atoms with Crippen molar-refractivity contribution in [3.63, 3.8) is 0 Å². The molecule has 1 aliphatic heterocycles. The minimum absolute atomic E-state index is 0. The van der Waals surface area contributed by atoms with Gasteiger partial charge in [-0.2, -0.15) is 0 Å². The molecule has 0 aliphatic carbocycles. The van der Waals surface area contributed by atoms with Crippen molar-refractivity contribution in [1.82, 2.24) is 4.90 Å². The lowest BCUT2D eigenvalue weighted by Gasteiger charge is -2.38. The lowest BCUT2D eigenvalue weighted by molar-refractivity contribution is -0.116. The van der Waals surface area contributed by atoms with Gasteiger partial charge in [0, 0.05) is 38.2 Å². The summed E-state index contributed by atoms with van der Waals surface area (Å²) in [5.41, 5.74) is 2.43. The molecule has 1 fully saturated rings. The van der Waals surface area contributed by atoms with Gasteiger partial charge in [-0.1, -0.05) is 29.8 Å². The molecule has 0 bridgehead atoms. The Morgan fingerprint density at radius 2 is 1.68 bits per heavy atom. The van der Waals surface area contributed by atoms with Crippen LogP contribution >= 0.6 is 12.4 Å². The molecule has 1 saturated heterocycles. The van der Waals surface area contributed by atoms with Gasteiger partial charge in [0.05, 0.1) is 5.60 Å². The van der Waals surface area contributed by atoms with Crippen LogP contribution in [-0.2, 0) is 11.2 Å². The third kappa shape index (κ3) is 6.51. The summed E-state index contributed by atoms with van der Waals surface area (Å²) < 4.78 is 0. The smallest absolute Gasteiger partial charge is 0.225 e. The van der Waals surface area contributed by atoms with Gasteiger partial charge >= 0.3 is 0 Å². The van der Waals surface area contributed by atoms with E-state index in [0.29, 0.717) is 25.1 Å². The van der Waals surface area contributed by atoms with E-state index in [2.05, 4.69) is 41.4 Å². The standard InChI is InChI=1S/C22H28N2O3.ClH/c1-17-2-4-18(5-3-17)16-22(27)11-14-24(15-12-22)13-10-21(26)23-19-6-8-20(25)9-7-19;/h2-9,25,27H,10-16H2,1H3,(H,23,26);1H. The highest BCUT2D eigenvalue weighted by Gasteiger charge is 2.32. The number of carbonyl (C=O) groups excluding carboxylic acids is 1. The number of aromatic hydroxyl groups is 1. The number of aliphatic hydroxyl groups is 1. The average molecular weight is 405 g/mol. The van der Waals surface area contributed by atoms with Crippen molar-refractivity contribution in [3.8, 4) is 5.75 Å². The van der Waals surface area contributed by atoms with Crippen LogP contribution in [0, 0.1) is 6.92 Å². The molecule has 0 spiro atoms. The van der Waals surface area contributed by atoms with Crippen molar-refractivity contribution < 1.29 is 15.0 Å². The molecule has 2 aromatic carbocycles. The number of amides is 1. The second kappa shape index (κ2) is 9.92. The van der Waals surface area contributed by atoms with Crippen molar-refractivity contribution in [3.05, 3.63) is 59.7 Å². The van der Waals surface area contributed by atoms with E-state index in [9.17, 15) is 15.0 Å². The second-order valence-corrected chi connectivity index (χ2v) is 7.57. The molecule has 0 radical (unpaired) electrons. The average Bonchev–Trinajstić information content (AvgIpc) is 2.65. The van der Waals surface area contributed by atoms with Gasteiger partial charge in [-0.3, -0.25) is 4.79 Å². The van der Waals surface area contributed by atoms with Crippen molar-refractivity contribution in [2.75, 3.05) is 25.0 Å². The summed E-state index contributed by atoms with van der Waals surface area (Å²) >= 11 is 0. The number of hydrogen-bond donors (Lipinski definition) is 3. The Morgan fingerprint density at radius 3 is 2.29 bits per heavy atom. The zero-order valence-electron chi connectivity index (χ0n) is 16.2. The normalized spacial score (nSPS) is 16.2. The molecule has 0 atom stereocenters. The maximum Gasteiger partial charge on any atom is 0.225 e. The first kappa shape index (κ1) is 22.2. The van der Waals surface area contributed by atoms with Crippen LogP contribution < -0.4 is 5.32 Å². The topological polar surface area (TPSA) is 72.8 Å². The van der Waals surface area contributed by atoms with Crippen LogP contribution in [0.1, 0.15) is 30.4 Å². The summed E-state index contributed by atoms with van der Waals surface area (Å²) in [6, 6.07) is 14.8. The number of nitrogens with zero attached hydrogens (tertiary/aromatic N) is 1. The number of likely N-dealkylation sites (tertiary alicyclic amines) is 1. The van der Waals surface area contributed by atoms with Crippen molar-refractivity contribution in [1.29, 1.82) is 0 Å². The van der Waals surface area contributed by atoms with E-state index in [1.807, 2.05) is 0 Å². The van der Waals surface area contributed by atoms with Gasteiger partial charge in [-0.25, -0.2) is 0 Å². The number of phenolic OH excluding ortho intramolecular Hbond substituents is 1.